The van der Waals surface area contributed by atoms with Crippen molar-refractivity contribution in [1.29, 1.82) is 0 Å². The van der Waals surface area contributed by atoms with Crippen LogP contribution in [0.25, 0.3) is 0 Å². The van der Waals surface area contributed by atoms with Crippen molar-refractivity contribution in [3.63, 3.8) is 0 Å². The van der Waals surface area contributed by atoms with Crippen molar-refractivity contribution in [1.82, 2.24) is 15.2 Å². The number of piperidine rings is 1. The Morgan fingerprint density at radius 1 is 1.50 bits per heavy atom. The molecule has 1 unspecified atom stereocenters. The van der Waals surface area contributed by atoms with Gasteiger partial charge in [0.1, 0.15) is 5.82 Å². The Hall–Kier alpha value is -1.14. The molecule has 1 aliphatic rings. The Balaban J connectivity index is 1.87. The highest BCUT2D eigenvalue weighted by molar-refractivity contribution is 5.29. The summed E-state index contributed by atoms with van der Waals surface area (Å²) in [6.07, 6.45) is 3.69. The molecule has 18 heavy (non-hydrogen) atoms. The SMILES string of the molecule is CC(N)C1CCN(c2n[nH]c(CCCO)n2)CC1. The Labute approximate surface area is 108 Å². The van der Waals surface area contributed by atoms with Crippen LogP contribution >= 0.6 is 0 Å². The number of aryl methyl sites for hydroxylation is 1. The predicted octanol–water partition coefficient (Wildman–Crippen LogP) is 0.293. The number of aromatic amines is 1. The Morgan fingerprint density at radius 2 is 2.22 bits per heavy atom. The summed E-state index contributed by atoms with van der Waals surface area (Å²) in [5.74, 6) is 2.26. The summed E-state index contributed by atoms with van der Waals surface area (Å²) >= 11 is 0. The minimum Gasteiger partial charge on any atom is -0.396 e. The van der Waals surface area contributed by atoms with Gasteiger partial charge in [-0.1, -0.05) is 0 Å². The monoisotopic (exact) mass is 253 g/mol. The van der Waals surface area contributed by atoms with Crippen LogP contribution in [0.1, 0.15) is 32.0 Å². The lowest BCUT2D eigenvalue weighted by Gasteiger charge is -2.32. The molecule has 4 N–H and O–H groups in total. The van der Waals surface area contributed by atoms with Crippen molar-refractivity contribution < 1.29 is 5.11 Å². The Morgan fingerprint density at radius 3 is 2.83 bits per heavy atom. The van der Waals surface area contributed by atoms with E-state index in [1.54, 1.807) is 0 Å². The lowest BCUT2D eigenvalue weighted by molar-refractivity contribution is 0.287. The number of rotatable bonds is 5. The molecule has 1 aliphatic heterocycles. The Kier molecular flexibility index (Phi) is 4.54. The van der Waals surface area contributed by atoms with E-state index in [1.807, 2.05) is 0 Å². The summed E-state index contributed by atoms with van der Waals surface area (Å²) in [7, 11) is 0. The summed E-state index contributed by atoms with van der Waals surface area (Å²) < 4.78 is 0. The number of aromatic nitrogens is 3. The van der Waals surface area contributed by atoms with Crippen molar-refractivity contribution in [2.75, 3.05) is 24.6 Å². The van der Waals surface area contributed by atoms with Crippen molar-refractivity contribution in [2.45, 2.75) is 38.6 Å². The molecule has 102 valence electrons. The van der Waals surface area contributed by atoms with Crippen molar-refractivity contribution >= 4 is 5.95 Å². The highest BCUT2D eigenvalue weighted by Gasteiger charge is 2.23. The lowest BCUT2D eigenvalue weighted by atomic mass is 9.91. The molecule has 1 aromatic heterocycles. The maximum atomic E-state index is 8.78. The average molecular weight is 253 g/mol. The van der Waals surface area contributed by atoms with Crippen LogP contribution in [-0.2, 0) is 6.42 Å². The van der Waals surface area contributed by atoms with Gasteiger partial charge in [-0.2, -0.15) is 4.98 Å². The number of hydrogen-bond acceptors (Lipinski definition) is 5. The van der Waals surface area contributed by atoms with Crippen molar-refractivity contribution in [3.05, 3.63) is 5.82 Å². The number of nitrogens with zero attached hydrogens (tertiary/aromatic N) is 3. The van der Waals surface area contributed by atoms with Crippen molar-refractivity contribution in [2.24, 2.45) is 11.7 Å². The van der Waals surface area contributed by atoms with Gasteiger partial charge in [0.25, 0.3) is 0 Å². The minimum atomic E-state index is 0.190. The maximum absolute atomic E-state index is 8.78. The van der Waals surface area contributed by atoms with Crippen LogP contribution in [0, 0.1) is 5.92 Å². The van der Waals surface area contributed by atoms with Crippen molar-refractivity contribution in [3.8, 4) is 0 Å². The molecule has 1 saturated heterocycles. The van der Waals surface area contributed by atoms with Gasteiger partial charge in [0.15, 0.2) is 0 Å². The molecule has 1 fully saturated rings. The number of nitrogens with one attached hydrogen (secondary N) is 1. The van der Waals surface area contributed by atoms with E-state index in [0.717, 1.165) is 50.5 Å². The van der Waals surface area contributed by atoms with Crippen LogP contribution in [0.2, 0.25) is 0 Å². The molecular weight excluding hydrogens is 230 g/mol. The van der Waals surface area contributed by atoms with Gasteiger partial charge >= 0.3 is 0 Å². The molecule has 0 amide bonds. The fourth-order valence-electron chi connectivity index (χ4n) is 2.41. The topological polar surface area (TPSA) is 91.1 Å². The zero-order chi connectivity index (χ0) is 13.0. The fraction of sp³-hybridized carbons (Fsp3) is 0.833. The summed E-state index contributed by atoms with van der Waals surface area (Å²) in [5.41, 5.74) is 5.93. The van der Waals surface area contributed by atoms with Crippen LogP contribution in [0.15, 0.2) is 0 Å². The van der Waals surface area contributed by atoms with E-state index in [1.165, 1.54) is 0 Å². The van der Waals surface area contributed by atoms with E-state index in [0.29, 0.717) is 5.92 Å². The molecule has 2 heterocycles. The second-order valence-electron chi connectivity index (χ2n) is 5.09. The standard InChI is InChI=1S/C12H23N5O/c1-9(13)10-4-6-17(7-5-10)12-14-11(15-16-12)3-2-8-18/h9-10,18H,2-8,13H2,1H3,(H,14,15,16). The van der Waals surface area contributed by atoms with Gasteiger partial charge in [-0.25, -0.2) is 0 Å². The number of anilines is 1. The average Bonchev–Trinajstić information content (AvgIpc) is 2.85. The predicted molar refractivity (Wildman–Crippen MR) is 70.4 cm³/mol. The van der Waals surface area contributed by atoms with E-state index in [9.17, 15) is 0 Å². The van der Waals surface area contributed by atoms with E-state index in [2.05, 4.69) is 27.0 Å². The lowest BCUT2D eigenvalue weighted by Crippen LogP contribution is -2.40. The molecule has 2 rings (SSSR count). The second kappa shape index (κ2) is 6.15. The molecule has 6 heteroatoms. The van der Waals surface area contributed by atoms with Gasteiger partial charge in [0, 0.05) is 32.2 Å². The van der Waals surface area contributed by atoms with Crippen LogP contribution < -0.4 is 10.6 Å². The molecule has 0 spiro atoms. The van der Waals surface area contributed by atoms with E-state index in [4.69, 9.17) is 10.8 Å². The van der Waals surface area contributed by atoms with E-state index >= 15 is 0 Å². The highest BCUT2D eigenvalue weighted by Crippen LogP contribution is 2.22. The highest BCUT2D eigenvalue weighted by atomic mass is 16.2. The van der Waals surface area contributed by atoms with E-state index < -0.39 is 0 Å². The first-order valence-electron chi connectivity index (χ1n) is 6.73. The van der Waals surface area contributed by atoms with Crippen LogP contribution in [0.4, 0.5) is 5.95 Å². The van der Waals surface area contributed by atoms with E-state index in [-0.39, 0.29) is 12.6 Å². The number of aliphatic hydroxyl groups is 1. The first kappa shape index (κ1) is 13.3. The van der Waals surface area contributed by atoms with Gasteiger partial charge in [-0.05, 0) is 32.1 Å². The first-order valence-corrected chi connectivity index (χ1v) is 6.73. The van der Waals surface area contributed by atoms with Gasteiger partial charge in [0.2, 0.25) is 5.95 Å². The zero-order valence-electron chi connectivity index (χ0n) is 11.0. The van der Waals surface area contributed by atoms with Gasteiger partial charge < -0.3 is 15.7 Å². The molecule has 0 bridgehead atoms. The molecule has 1 atom stereocenters. The third kappa shape index (κ3) is 3.20. The first-order chi connectivity index (χ1) is 8.70. The number of hydrogen-bond donors (Lipinski definition) is 3. The third-order valence-electron chi connectivity index (χ3n) is 3.66. The smallest absolute Gasteiger partial charge is 0.244 e. The third-order valence-corrected chi connectivity index (χ3v) is 3.66. The summed E-state index contributed by atoms with van der Waals surface area (Å²) in [6.45, 7) is 4.23. The quantitative estimate of drug-likeness (QED) is 0.702. The summed E-state index contributed by atoms with van der Waals surface area (Å²) in [6, 6.07) is 0.277. The molecule has 0 aliphatic carbocycles. The van der Waals surface area contributed by atoms with Gasteiger partial charge in [0.05, 0.1) is 0 Å². The normalized spacial score (nSPS) is 19.2. The molecule has 0 saturated carbocycles. The summed E-state index contributed by atoms with van der Waals surface area (Å²) in [4.78, 5) is 6.66. The van der Waals surface area contributed by atoms with Gasteiger partial charge in [-0.15, -0.1) is 5.10 Å². The molecule has 0 radical (unpaired) electrons. The van der Waals surface area contributed by atoms with Gasteiger partial charge in [-0.3, -0.25) is 5.10 Å². The zero-order valence-corrected chi connectivity index (χ0v) is 11.0. The molecular formula is C12H23N5O. The number of nitrogens with two attached hydrogens (primary N) is 1. The number of aliphatic hydroxyl groups excluding tert-OH is 1. The summed E-state index contributed by atoms with van der Waals surface area (Å²) in [5, 5.41) is 16.0. The number of H-pyrrole nitrogens is 1. The molecule has 0 aromatic carbocycles. The second-order valence-corrected chi connectivity index (χ2v) is 5.09. The van der Waals surface area contributed by atoms with Crippen LogP contribution in [0.5, 0.6) is 0 Å². The molecule has 1 aromatic rings. The Bertz CT molecular complexity index is 357. The largest absolute Gasteiger partial charge is 0.396 e. The fourth-order valence-corrected chi connectivity index (χ4v) is 2.41. The van der Waals surface area contributed by atoms with Crippen LogP contribution in [-0.4, -0.2) is 46.0 Å². The van der Waals surface area contributed by atoms with Crippen LogP contribution in [0.3, 0.4) is 0 Å². The maximum Gasteiger partial charge on any atom is 0.244 e. The molecule has 6 nitrogen and oxygen atoms in total. The minimum absolute atomic E-state index is 0.190.